The standard InChI is InChI=1S/C29H35N3O6/c1-36-24-9-5-8-23(14-24)27-28(22-6-3-2-4-7-22)31-32(29(27)38-19-26(30)35)15-20-10-12-21(13-11-20)18-37-25(16-33)17-34/h2-9,14,16,20-21,25,34H,10-13,15,17-19H2,1H3,(H2,30,35). The van der Waals surface area contributed by atoms with E-state index >= 15 is 0 Å². The maximum Gasteiger partial charge on any atom is 0.255 e. The van der Waals surface area contributed by atoms with Crippen LogP contribution in [0.3, 0.4) is 0 Å². The molecule has 1 aliphatic carbocycles. The number of amides is 1. The van der Waals surface area contributed by atoms with Crippen molar-refractivity contribution in [2.75, 3.05) is 26.9 Å². The summed E-state index contributed by atoms with van der Waals surface area (Å²) in [7, 11) is 1.62. The smallest absolute Gasteiger partial charge is 0.255 e. The van der Waals surface area contributed by atoms with Gasteiger partial charge < -0.3 is 29.8 Å². The van der Waals surface area contributed by atoms with Crippen molar-refractivity contribution in [3.8, 4) is 34.0 Å². The zero-order valence-corrected chi connectivity index (χ0v) is 21.6. The van der Waals surface area contributed by atoms with Crippen LogP contribution in [0.5, 0.6) is 11.6 Å². The van der Waals surface area contributed by atoms with Crippen molar-refractivity contribution in [2.24, 2.45) is 17.6 Å². The quantitative estimate of drug-likeness (QED) is 0.330. The van der Waals surface area contributed by atoms with Gasteiger partial charge in [-0.1, -0.05) is 42.5 Å². The number of benzene rings is 2. The minimum absolute atomic E-state index is 0.260. The molecule has 0 bridgehead atoms. The van der Waals surface area contributed by atoms with Crippen LogP contribution in [0.15, 0.2) is 54.6 Å². The third-order valence-electron chi connectivity index (χ3n) is 6.94. The lowest BCUT2D eigenvalue weighted by Crippen LogP contribution is -2.27. The molecule has 2 aromatic carbocycles. The van der Waals surface area contributed by atoms with E-state index in [-0.39, 0.29) is 13.2 Å². The lowest BCUT2D eigenvalue weighted by molar-refractivity contribution is -0.122. The van der Waals surface area contributed by atoms with Gasteiger partial charge in [0.15, 0.2) is 12.9 Å². The van der Waals surface area contributed by atoms with E-state index in [0.29, 0.717) is 42.9 Å². The molecule has 1 fully saturated rings. The normalized spacial score (nSPS) is 18.1. The maximum atomic E-state index is 11.7. The molecule has 1 amide bonds. The molecule has 202 valence electrons. The molecule has 1 saturated carbocycles. The van der Waals surface area contributed by atoms with Gasteiger partial charge in [-0.2, -0.15) is 5.10 Å². The molecule has 9 heteroatoms. The van der Waals surface area contributed by atoms with Crippen molar-refractivity contribution in [3.63, 3.8) is 0 Å². The minimum Gasteiger partial charge on any atom is -0.497 e. The average Bonchev–Trinajstić information content (AvgIpc) is 3.31. The Morgan fingerprint density at radius 3 is 2.47 bits per heavy atom. The fourth-order valence-corrected chi connectivity index (χ4v) is 4.91. The van der Waals surface area contributed by atoms with Crippen LogP contribution in [-0.2, 0) is 20.9 Å². The van der Waals surface area contributed by atoms with E-state index in [1.807, 2.05) is 59.3 Å². The summed E-state index contributed by atoms with van der Waals surface area (Å²) in [4.78, 5) is 22.6. The second-order valence-electron chi connectivity index (χ2n) is 9.64. The first-order chi connectivity index (χ1) is 18.5. The molecule has 3 aromatic rings. The molecule has 4 rings (SSSR count). The summed E-state index contributed by atoms with van der Waals surface area (Å²) >= 11 is 0. The van der Waals surface area contributed by atoms with E-state index < -0.39 is 12.0 Å². The number of aliphatic hydroxyl groups excluding tert-OH is 1. The summed E-state index contributed by atoms with van der Waals surface area (Å²) in [5.41, 5.74) is 8.78. The lowest BCUT2D eigenvalue weighted by Gasteiger charge is -2.29. The van der Waals surface area contributed by atoms with Crippen LogP contribution in [0.1, 0.15) is 25.7 Å². The molecule has 0 saturated heterocycles. The third kappa shape index (κ3) is 6.79. The van der Waals surface area contributed by atoms with Crippen LogP contribution in [0.25, 0.3) is 22.4 Å². The first-order valence-electron chi connectivity index (χ1n) is 12.9. The summed E-state index contributed by atoms with van der Waals surface area (Å²) in [6.45, 7) is 0.526. The first kappa shape index (κ1) is 27.3. The van der Waals surface area contributed by atoms with Gasteiger partial charge in [-0.15, -0.1) is 0 Å². The molecule has 0 radical (unpaired) electrons. The average molecular weight is 522 g/mol. The number of methoxy groups -OCH3 is 1. The number of nitrogens with two attached hydrogens (primary N) is 1. The Labute approximate surface area is 222 Å². The second-order valence-corrected chi connectivity index (χ2v) is 9.64. The van der Waals surface area contributed by atoms with Crippen LogP contribution in [0.2, 0.25) is 0 Å². The van der Waals surface area contributed by atoms with E-state index in [9.17, 15) is 14.7 Å². The second kappa shape index (κ2) is 13.2. The van der Waals surface area contributed by atoms with Crippen LogP contribution < -0.4 is 15.2 Å². The number of hydrogen-bond donors (Lipinski definition) is 2. The van der Waals surface area contributed by atoms with Gasteiger partial charge >= 0.3 is 0 Å². The molecule has 1 unspecified atom stereocenters. The summed E-state index contributed by atoms with van der Waals surface area (Å²) in [6.07, 6.45) is 3.71. The summed E-state index contributed by atoms with van der Waals surface area (Å²) in [5, 5.41) is 14.2. The van der Waals surface area contributed by atoms with Gasteiger partial charge in [-0.05, 0) is 55.2 Å². The zero-order valence-electron chi connectivity index (χ0n) is 21.6. The monoisotopic (exact) mass is 521 g/mol. The predicted molar refractivity (Wildman–Crippen MR) is 143 cm³/mol. The maximum absolute atomic E-state index is 11.7. The van der Waals surface area contributed by atoms with Crippen molar-refractivity contribution in [1.82, 2.24) is 9.78 Å². The van der Waals surface area contributed by atoms with E-state index in [1.54, 1.807) is 7.11 Å². The van der Waals surface area contributed by atoms with Crippen molar-refractivity contribution in [2.45, 2.75) is 38.3 Å². The number of aliphatic hydroxyl groups is 1. The Balaban J connectivity index is 1.62. The van der Waals surface area contributed by atoms with Gasteiger partial charge in [0.2, 0.25) is 5.88 Å². The van der Waals surface area contributed by atoms with Gasteiger partial charge in [0, 0.05) is 12.1 Å². The molecule has 0 spiro atoms. The van der Waals surface area contributed by atoms with E-state index in [0.717, 1.165) is 48.1 Å². The number of ether oxygens (including phenoxy) is 3. The van der Waals surface area contributed by atoms with Crippen LogP contribution in [0, 0.1) is 11.8 Å². The fraction of sp³-hybridized carbons (Fsp3) is 0.414. The highest BCUT2D eigenvalue weighted by Gasteiger charge is 2.27. The fourth-order valence-electron chi connectivity index (χ4n) is 4.91. The van der Waals surface area contributed by atoms with Crippen LogP contribution in [-0.4, -0.2) is 60.1 Å². The molecular formula is C29H35N3O6. The Morgan fingerprint density at radius 2 is 1.82 bits per heavy atom. The molecule has 0 aliphatic heterocycles. The summed E-state index contributed by atoms with van der Waals surface area (Å²) < 4.78 is 18.9. The van der Waals surface area contributed by atoms with Gasteiger partial charge in [-0.3, -0.25) is 4.79 Å². The van der Waals surface area contributed by atoms with Gasteiger partial charge in [0.1, 0.15) is 17.5 Å². The highest BCUT2D eigenvalue weighted by atomic mass is 16.5. The van der Waals surface area contributed by atoms with Gasteiger partial charge in [0.25, 0.3) is 5.91 Å². The molecular weight excluding hydrogens is 486 g/mol. The number of aromatic nitrogens is 2. The van der Waals surface area contributed by atoms with Crippen molar-refractivity contribution in [3.05, 3.63) is 54.6 Å². The number of carbonyl (C=O) groups excluding carboxylic acids is 2. The van der Waals surface area contributed by atoms with Crippen molar-refractivity contribution >= 4 is 12.2 Å². The Hall–Kier alpha value is -3.69. The molecule has 38 heavy (non-hydrogen) atoms. The number of nitrogens with zero attached hydrogens (tertiary/aromatic N) is 2. The Morgan fingerprint density at radius 1 is 1.11 bits per heavy atom. The highest BCUT2D eigenvalue weighted by Crippen LogP contribution is 2.41. The molecule has 1 heterocycles. The number of aldehydes is 1. The van der Waals surface area contributed by atoms with Crippen LogP contribution in [0.4, 0.5) is 0 Å². The highest BCUT2D eigenvalue weighted by molar-refractivity contribution is 5.85. The lowest BCUT2D eigenvalue weighted by atomic mass is 9.82. The minimum atomic E-state index is -0.756. The van der Waals surface area contributed by atoms with E-state index in [2.05, 4.69) is 0 Å². The zero-order chi connectivity index (χ0) is 26.9. The van der Waals surface area contributed by atoms with Crippen LogP contribution >= 0.6 is 0 Å². The van der Waals surface area contributed by atoms with Crippen molar-refractivity contribution in [1.29, 1.82) is 0 Å². The van der Waals surface area contributed by atoms with Gasteiger partial charge in [0.05, 0.1) is 25.9 Å². The first-order valence-corrected chi connectivity index (χ1v) is 12.9. The SMILES string of the molecule is COc1cccc(-c2c(-c3ccccc3)nn(CC3CCC(COC(C=O)CO)CC3)c2OCC(N)=O)c1. The number of primary amides is 1. The summed E-state index contributed by atoms with van der Waals surface area (Å²) in [5.74, 6) is 1.33. The molecule has 3 N–H and O–H groups in total. The molecule has 1 aliphatic rings. The number of rotatable bonds is 13. The Bertz CT molecular complexity index is 1200. The van der Waals surface area contributed by atoms with E-state index in [1.165, 1.54) is 0 Å². The predicted octanol–water partition coefficient (Wildman–Crippen LogP) is 3.47. The van der Waals surface area contributed by atoms with Crippen molar-refractivity contribution < 1.29 is 28.9 Å². The van der Waals surface area contributed by atoms with E-state index in [4.69, 9.17) is 25.0 Å². The van der Waals surface area contributed by atoms with Gasteiger partial charge in [-0.25, -0.2) is 4.68 Å². The third-order valence-corrected chi connectivity index (χ3v) is 6.94. The molecule has 1 aromatic heterocycles. The number of hydrogen-bond acceptors (Lipinski definition) is 7. The number of carbonyl (C=O) groups is 2. The molecule has 1 atom stereocenters. The topological polar surface area (TPSA) is 126 Å². The summed E-state index contributed by atoms with van der Waals surface area (Å²) in [6, 6.07) is 17.6. The largest absolute Gasteiger partial charge is 0.497 e. The Kier molecular flexibility index (Phi) is 9.51. The molecule has 9 nitrogen and oxygen atoms in total.